The number of aliphatic hydroxyl groups excluding tert-OH is 1. The standard InChI is InChI=1S/C28H39N3O3S/c1-4-21(3)9-10-24(5-2)26-20-35-28(29-26)30-27(33)18-23-7-6-8-25(17-23)34-16-15-31-13-11-22(19-32)12-14-31/h5-10,17,20-22,32H,4,11-16,18-19H2,1-3H3,(H,29,30,33)/b10-9-,24-5+. The van der Waals surface area contributed by atoms with Gasteiger partial charge in [-0.2, -0.15) is 0 Å². The highest BCUT2D eigenvalue weighted by Crippen LogP contribution is 2.24. The summed E-state index contributed by atoms with van der Waals surface area (Å²) in [6, 6.07) is 7.73. The summed E-state index contributed by atoms with van der Waals surface area (Å²) in [7, 11) is 0. The summed E-state index contributed by atoms with van der Waals surface area (Å²) in [5, 5.41) is 14.8. The molecule has 1 aromatic heterocycles. The van der Waals surface area contributed by atoms with Crippen LogP contribution in [-0.2, 0) is 11.2 Å². The van der Waals surface area contributed by atoms with Crippen LogP contribution >= 0.6 is 11.3 Å². The van der Waals surface area contributed by atoms with E-state index in [1.807, 2.05) is 42.6 Å². The molecule has 7 heteroatoms. The summed E-state index contributed by atoms with van der Waals surface area (Å²) in [5.74, 6) is 1.66. The van der Waals surface area contributed by atoms with E-state index in [-0.39, 0.29) is 12.3 Å². The van der Waals surface area contributed by atoms with Crippen molar-refractivity contribution >= 4 is 27.9 Å². The summed E-state index contributed by atoms with van der Waals surface area (Å²) >= 11 is 1.44. The first-order valence-corrected chi connectivity index (χ1v) is 13.5. The molecule has 1 atom stereocenters. The van der Waals surface area contributed by atoms with Gasteiger partial charge in [0.1, 0.15) is 12.4 Å². The van der Waals surface area contributed by atoms with Crippen molar-refractivity contribution in [3.05, 3.63) is 59.1 Å². The Morgan fingerprint density at radius 1 is 1.37 bits per heavy atom. The van der Waals surface area contributed by atoms with Gasteiger partial charge in [-0.1, -0.05) is 50.6 Å². The maximum absolute atomic E-state index is 12.6. The van der Waals surface area contributed by atoms with Crippen molar-refractivity contribution in [1.29, 1.82) is 0 Å². The van der Waals surface area contributed by atoms with Gasteiger partial charge in [0.05, 0.1) is 12.1 Å². The van der Waals surface area contributed by atoms with E-state index in [2.05, 4.69) is 41.2 Å². The number of amides is 1. The smallest absolute Gasteiger partial charge is 0.230 e. The molecule has 1 aromatic carbocycles. The van der Waals surface area contributed by atoms with Crippen molar-refractivity contribution in [3.63, 3.8) is 0 Å². The molecule has 1 aliphatic rings. The molecule has 1 unspecified atom stereocenters. The Balaban J connectivity index is 1.46. The molecule has 2 aromatic rings. The number of carbonyl (C=O) groups excluding carboxylic acids is 1. The lowest BCUT2D eigenvalue weighted by atomic mass is 9.98. The highest BCUT2D eigenvalue weighted by Gasteiger charge is 2.18. The van der Waals surface area contributed by atoms with Crippen molar-refractivity contribution in [2.24, 2.45) is 11.8 Å². The van der Waals surface area contributed by atoms with Crippen LogP contribution in [0.4, 0.5) is 5.13 Å². The first kappa shape index (κ1) is 27.1. The van der Waals surface area contributed by atoms with Crippen molar-refractivity contribution in [1.82, 2.24) is 9.88 Å². The zero-order chi connectivity index (χ0) is 25.0. The second-order valence-corrected chi connectivity index (χ2v) is 10.1. The minimum Gasteiger partial charge on any atom is -0.492 e. The van der Waals surface area contributed by atoms with Crippen LogP contribution in [-0.4, -0.2) is 53.7 Å². The molecule has 2 heterocycles. The molecular weight excluding hydrogens is 458 g/mol. The summed E-state index contributed by atoms with van der Waals surface area (Å²) in [5.41, 5.74) is 2.85. The van der Waals surface area contributed by atoms with Gasteiger partial charge in [0.15, 0.2) is 5.13 Å². The minimum absolute atomic E-state index is 0.0908. The fourth-order valence-electron chi connectivity index (χ4n) is 3.98. The van der Waals surface area contributed by atoms with E-state index < -0.39 is 0 Å². The van der Waals surface area contributed by atoms with Crippen LogP contribution in [0.3, 0.4) is 0 Å². The third kappa shape index (κ3) is 8.91. The Morgan fingerprint density at radius 3 is 2.89 bits per heavy atom. The van der Waals surface area contributed by atoms with Gasteiger partial charge in [-0.05, 0) is 68.0 Å². The second-order valence-electron chi connectivity index (χ2n) is 9.21. The van der Waals surface area contributed by atoms with E-state index in [9.17, 15) is 9.90 Å². The Labute approximate surface area is 213 Å². The average Bonchev–Trinajstić information content (AvgIpc) is 3.32. The van der Waals surface area contributed by atoms with E-state index in [4.69, 9.17) is 4.74 Å². The predicted molar refractivity (Wildman–Crippen MR) is 145 cm³/mol. The van der Waals surface area contributed by atoms with E-state index in [1.54, 1.807) is 0 Å². The molecule has 1 saturated heterocycles. The topological polar surface area (TPSA) is 74.7 Å². The average molecular weight is 498 g/mol. The van der Waals surface area contributed by atoms with Gasteiger partial charge in [-0.25, -0.2) is 4.98 Å². The molecule has 6 nitrogen and oxygen atoms in total. The van der Waals surface area contributed by atoms with E-state index in [0.29, 0.717) is 30.2 Å². The number of aliphatic hydroxyl groups is 1. The van der Waals surface area contributed by atoms with Crippen LogP contribution in [0, 0.1) is 11.8 Å². The summed E-state index contributed by atoms with van der Waals surface area (Å²) in [4.78, 5) is 19.6. The van der Waals surface area contributed by atoms with Crippen molar-refractivity contribution in [2.75, 3.05) is 38.2 Å². The molecule has 3 rings (SSSR count). The molecule has 0 spiro atoms. The number of aromatic nitrogens is 1. The largest absolute Gasteiger partial charge is 0.492 e. The van der Waals surface area contributed by atoms with E-state index in [0.717, 1.165) is 61.5 Å². The highest BCUT2D eigenvalue weighted by atomic mass is 32.1. The van der Waals surface area contributed by atoms with Gasteiger partial charge >= 0.3 is 0 Å². The fraction of sp³-hybridized carbons (Fsp3) is 0.500. The summed E-state index contributed by atoms with van der Waals surface area (Å²) in [6.07, 6.45) is 9.81. The molecular formula is C28H39N3O3S. The maximum atomic E-state index is 12.6. The first-order valence-electron chi connectivity index (χ1n) is 12.7. The van der Waals surface area contributed by atoms with Gasteiger partial charge in [0.2, 0.25) is 5.91 Å². The fourth-order valence-corrected chi connectivity index (χ4v) is 4.71. The van der Waals surface area contributed by atoms with E-state index >= 15 is 0 Å². The number of allylic oxidation sites excluding steroid dienone is 4. The zero-order valence-electron chi connectivity index (χ0n) is 21.2. The number of hydrogen-bond acceptors (Lipinski definition) is 6. The molecule has 2 N–H and O–H groups in total. The molecule has 0 radical (unpaired) electrons. The first-order chi connectivity index (χ1) is 17.0. The lowest BCUT2D eigenvalue weighted by Gasteiger charge is -2.30. The van der Waals surface area contributed by atoms with Crippen molar-refractivity contribution in [2.45, 2.75) is 46.5 Å². The van der Waals surface area contributed by atoms with Gasteiger partial charge in [-0.3, -0.25) is 9.69 Å². The SMILES string of the molecule is C/C=C(\C=C/C(C)CC)c1csc(NC(=O)Cc2cccc(OCCN3CCC(CO)CC3)c2)n1. The van der Waals surface area contributed by atoms with Crippen molar-refractivity contribution < 1.29 is 14.6 Å². The van der Waals surface area contributed by atoms with Gasteiger partial charge < -0.3 is 15.2 Å². The minimum atomic E-state index is -0.0908. The second kappa shape index (κ2) is 14.2. The zero-order valence-corrected chi connectivity index (χ0v) is 22.0. The van der Waals surface area contributed by atoms with Crippen LogP contribution in [0.25, 0.3) is 5.57 Å². The van der Waals surface area contributed by atoms with Crippen LogP contribution in [0.5, 0.6) is 5.75 Å². The number of anilines is 1. The third-order valence-corrected chi connectivity index (χ3v) is 7.27. The molecule has 0 bridgehead atoms. The molecule has 0 saturated carbocycles. The Morgan fingerprint density at radius 2 is 2.17 bits per heavy atom. The number of nitrogens with zero attached hydrogens (tertiary/aromatic N) is 2. The molecule has 1 amide bonds. The third-order valence-electron chi connectivity index (χ3n) is 6.51. The maximum Gasteiger partial charge on any atom is 0.230 e. The Bertz CT molecular complexity index is 993. The number of piperidine rings is 1. The molecule has 1 fully saturated rings. The number of hydrogen-bond donors (Lipinski definition) is 2. The van der Waals surface area contributed by atoms with Crippen LogP contribution in [0.15, 0.2) is 47.9 Å². The normalized spacial score (nSPS) is 16.5. The van der Waals surface area contributed by atoms with Gasteiger partial charge in [-0.15, -0.1) is 11.3 Å². The monoisotopic (exact) mass is 497 g/mol. The number of ether oxygens (including phenoxy) is 1. The van der Waals surface area contributed by atoms with Gasteiger partial charge in [0.25, 0.3) is 0 Å². The molecule has 0 aliphatic carbocycles. The Hall–Kier alpha value is -2.48. The van der Waals surface area contributed by atoms with Crippen LogP contribution < -0.4 is 10.1 Å². The highest BCUT2D eigenvalue weighted by molar-refractivity contribution is 7.14. The number of thiazole rings is 1. The van der Waals surface area contributed by atoms with Crippen LogP contribution in [0.1, 0.15) is 51.3 Å². The Kier molecular flexibility index (Phi) is 11.0. The lowest BCUT2D eigenvalue weighted by Crippen LogP contribution is -2.37. The lowest BCUT2D eigenvalue weighted by molar-refractivity contribution is -0.115. The summed E-state index contributed by atoms with van der Waals surface area (Å²) < 4.78 is 5.95. The molecule has 1 aliphatic heterocycles. The number of nitrogens with one attached hydrogen (secondary N) is 1. The number of carbonyl (C=O) groups is 1. The summed E-state index contributed by atoms with van der Waals surface area (Å²) in [6.45, 7) is 10.2. The molecule has 190 valence electrons. The number of benzene rings is 1. The quantitative estimate of drug-likeness (QED) is 0.384. The van der Waals surface area contributed by atoms with E-state index in [1.165, 1.54) is 11.3 Å². The number of rotatable bonds is 12. The van der Waals surface area contributed by atoms with Crippen molar-refractivity contribution in [3.8, 4) is 5.75 Å². The molecule has 35 heavy (non-hydrogen) atoms. The number of likely N-dealkylation sites (tertiary alicyclic amines) is 1. The van der Waals surface area contributed by atoms with Crippen LogP contribution in [0.2, 0.25) is 0 Å². The van der Waals surface area contributed by atoms with Gasteiger partial charge in [0, 0.05) is 18.5 Å². The predicted octanol–water partition coefficient (Wildman–Crippen LogP) is 5.41.